The lowest BCUT2D eigenvalue weighted by Crippen LogP contribution is -2.33. The molecule has 0 saturated carbocycles. The lowest BCUT2D eigenvalue weighted by atomic mass is 10.0. The van der Waals surface area contributed by atoms with Gasteiger partial charge in [-0.15, -0.1) is 0 Å². The van der Waals surface area contributed by atoms with Crippen LogP contribution in [0.1, 0.15) is 84.0 Å². The number of hydrogen-bond acceptors (Lipinski definition) is 3. The summed E-state index contributed by atoms with van der Waals surface area (Å²) in [5.74, 6) is 0.856. The fourth-order valence-corrected chi connectivity index (χ4v) is 3.72. The number of halogens is 1. The second kappa shape index (κ2) is 12.3. The topological polar surface area (TPSA) is 35.8 Å². The standard InChI is InChI=1S/C18H35BrN2O/c1-3-4-5-6-7-8-9-10-11-12-13-14-16(22)18-20-17(19)15-21(18)2/h16-17,22H,3-15H2,1-2H3. The average Bonchev–Trinajstić information content (AvgIpc) is 2.83. The van der Waals surface area contributed by atoms with Crippen LogP contribution in [0, 0.1) is 0 Å². The third kappa shape index (κ3) is 8.52. The zero-order valence-electron chi connectivity index (χ0n) is 14.6. The van der Waals surface area contributed by atoms with Crippen LogP contribution in [0.2, 0.25) is 0 Å². The Labute approximate surface area is 145 Å². The Morgan fingerprint density at radius 3 is 2.00 bits per heavy atom. The minimum atomic E-state index is -0.383. The van der Waals surface area contributed by atoms with Gasteiger partial charge in [0.15, 0.2) is 0 Å². The summed E-state index contributed by atoms with van der Waals surface area (Å²) in [7, 11) is 2.00. The molecule has 0 bridgehead atoms. The van der Waals surface area contributed by atoms with Gasteiger partial charge < -0.3 is 10.0 Å². The van der Waals surface area contributed by atoms with Crippen molar-refractivity contribution in [2.45, 2.75) is 95.0 Å². The highest BCUT2D eigenvalue weighted by atomic mass is 79.9. The first-order chi connectivity index (χ1) is 10.6. The van der Waals surface area contributed by atoms with Crippen molar-refractivity contribution in [2.75, 3.05) is 13.6 Å². The summed E-state index contributed by atoms with van der Waals surface area (Å²) in [6.45, 7) is 3.14. The summed E-state index contributed by atoms with van der Waals surface area (Å²) in [5.41, 5.74) is 0. The highest BCUT2D eigenvalue weighted by molar-refractivity contribution is 9.09. The minimum absolute atomic E-state index is 0.152. The van der Waals surface area contributed by atoms with Crippen molar-refractivity contribution in [3.05, 3.63) is 0 Å². The zero-order chi connectivity index (χ0) is 16.2. The summed E-state index contributed by atoms with van der Waals surface area (Å²) in [4.78, 5) is 6.66. The molecule has 0 saturated heterocycles. The Hall–Kier alpha value is -0.0900. The number of aliphatic hydroxyl groups excluding tert-OH is 1. The Bertz CT molecular complexity index is 309. The highest BCUT2D eigenvalue weighted by Crippen LogP contribution is 2.18. The first-order valence-corrected chi connectivity index (χ1v) is 10.2. The van der Waals surface area contributed by atoms with E-state index in [4.69, 9.17) is 0 Å². The molecule has 2 unspecified atom stereocenters. The maximum Gasteiger partial charge on any atom is 0.129 e. The summed E-state index contributed by atoms with van der Waals surface area (Å²) >= 11 is 3.48. The van der Waals surface area contributed by atoms with Crippen LogP contribution in [-0.4, -0.2) is 40.5 Å². The van der Waals surface area contributed by atoms with Crippen LogP contribution in [0.15, 0.2) is 4.99 Å². The predicted molar refractivity (Wildman–Crippen MR) is 99.9 cm³/mol. The molecule has 0 aromatic heterocycles. The molecular weight excluding hydrogens is 340 g/mol. The number of unbranched alkanes of at least 4 members (excludes halogenated alkanes) is 10. The van der Waals surface area contributed by atoms with E-state index in [1.807, 2.05) is 7.05 Å². The molecule has 0 aliphatic carbocycles. The number of aliphatic hydroxyl groups is 1. The summed E-state index contributed by atoms with van der Waals surface area (Å²) < 4.78 is 0. The second-order valence-electron chi connectivity index (χ2n) is 6.64. The van der Waals surface area contributed by atoms with Gasteiger partial charge in [0.05, 0.1) is 6.54 Å². The normalized spacial score (nSPS) is 19.5. The van der Waals surface area contributed by atoms with Gasteiger partial charge in [0, 0.05) is 7.05 Å². The Morgan fingerprint density at radius 2 is 1.55 bits per heavy atom. The van der Waals surface area contributed by atoms with Gasteiger partial charge in [0.2, 0.25) is 0 Å². The molecule has 1 aliphatic heterocycles. The number of hydrogen-bond donors (Lipinski definition) is 1. The van der Waals surface area contributed by atoms with Gasteiger partial charge in [-0.3, -0.25) is 4.99 Å². The molecule has 22 heavy (non-hydrogen) atoms. The first kappa shape index (κ1) is 20.0. The van der Waals surface area contributed by atoms with Crippen LogP contribution in [0.5, 0.6) is 0 Å². The lowest BCUT2D eigenvalue weighted by Gasteiger charge is -2.18. The summed E-state index contributed by atoms with van der Waals surface area (Å²) in [5, 5.41) is 10.2. The van der Waals surface area contributed by atoms with E-state index < -0.39 is 0 Å². The maximum absolute atomic E-state index is 10.2. The third-order valence-corrected chi connectivity index (χ3v) is 4.96. The van der Waals surface area contributed by atoms with Crippen LogP contribution in [-0.2, 0) is 0 Å². The summed E-state index contributed by atoms with van der Waals surface area (Å²) in [6, 6.07) is 0. The van der Waals surface area contributed by atoms with E-state index in [2.05, 4.69) is 32.7 Å². The van der Waals surface area contributed by atoms with E-state index in [1.54, 1.807) is 0 Å². The fourth-order valence-electron chi connectivity index (χ4n) is 3.07. The average molecular weight is 375 g/mol. The predicted octanol–water partition coefficient (Wildman–Crippen LogP) is 5.11. The molecule has 2 atom stereocenters. The van der Waals surface area contributed by atoms with Crippen molar-refractivity contribution in [2.24, 2.45) is 4.99 Å². The molecule has 0 aromatic carbocycles. The van der Waals surface area contributed by atoms with Crippen LogP contribution >= 0.6 is 15.9 Å². The monoisotopic (exact) mass is 374 g/mol. The molecule has 1 rings (SSSR count). The molecule has 0 radical (unpaired) electrons. The molecule has 0 aromatic rings. The van der Waals surface area contributed by atoms with E-state index in [-0.39, 0.29) is 11.1 Å². The molecule has 3 nitrogen and oxygen atoms in total. The molecule has 1 aliphatic rings. The molecular formula is C18H35BrN2O. The van der Waals surface area contributed by atoms with Crippen LogP contribution in [0.25, 0.3) is 0 Å². The molecule has 1 heterocycles. The van der Waals surface area contributed by atoms with Gasteiger partial charge in [-0.05, 0) is 6.42 Å². The van der Waals surface area contributed by atoms with Gasteiger partial charge in [-0.25, -0.2) is 0 Å². The SMILES string of the molecule is CCCCCCCCCCCCCC(O)C1=NC(Br)CN1C. The first-order valence-electron chi connectivity index (χ1n) is 9.26. The van der Waals surface area contributed by atoms with Crippen molar-refractivity contribution in [1.82, 2.24) is 4.90 Å². The molecule has 130 valence electrons. The number of rotatable bonds is 13. The Balaban J connectivity index is 1.90. The van der Waals surface area contributed by atoms with Gasteiger partial charge in [0.25, 0.3) is 0 Å². The molecule has 0 spiro atoms. The van der Waals surface area contributed by atoms with E-state index in [0.29, 0.717) is 0 Å². The third-order valence-electron chi connectivity index (χ3n) is 4.47. The van der Waals surface area contributed by atoms with E-state index >= 15 is 0 Å². The van der Waals surface area contributed by atoms with Gasteiger partial charge in [0.1, 0.15) is 16.9 Å². The summed E-state index contributed by atoms with van der Waals surface area (Å²) in [6.07, 6.45) is 15.3. The van der Waals surface area contributed by atoms with E-state index in [9.17, 15) is 5.11 Å². The zero-order valence-corrected chi connectivity index (χ0v) is 16.2. The number of nitrogens with zero attached hydrogens (tertiary/aromatic N) is 2. The number of amidine groups is 1. The van der Waals surface area contributed by atoms with Crippen LogP contribution < -0.4 is 0 Å². The van der Waals surface area contributed by atoms with Crippen molar-refractivity contribution in [1.29, 1.82) is 0 Å². The number of aliphatic imine (C=N–C) groups is 1. The number of likely N-dealkylation sites (N-methyl/N-ethyl adjacent to an activating group) is 1. The largest absolute Gasteiger partial charge is 0.385 e. The van der Waals surface area contributed by atoms with Gasteiger partial charge in [-0.1, -0.05) is 93.5 Å². The molecule has 4 heteroatoms. The highest BCUT2D eigenvalue weighted by Gasteiger charge is 2.24. The lowest BCUT2D eigenvalue weighted by molar-refractivity contribution is 0.213. The van der Waals surface area contributed by atoms with Crippen LogP contribution in [0.3, 0.4) is 0 Å². The van der Waals surface area contributed by atoms with Crippen LogP contribution in [0.4, 0.5) is 0 Å². The maximum atomic E-state index is 10.2. The fraction of sp³-hybridized carbons (Fsp3) is 0.944. The Kier molecular flexibility index (Phi) is 11.2. The minimum Gasteiger partial charge on any atom is -0.385 e. The molecule has 0 fully saturated rings. The molecule has 0 amide bonds. The van der Waals surface area contributed by atoms with Gasteiger partial charge >= 0.3 is 0 Å². The smallest absolute Gasteiger partial charge is 0.129 e. The van der Waals surface area contributed by atoms with Crippen molar-refractivity contribution >= 4 is 21.8 Å². The van der Waals surface area contributed by atoms with Crippen molar-refractivity contribution < 1.29 is 5.11 Å². The second-order valence-corrected chi connectivity index (χ2v) is 7.70. The quantitative estimate of drug-likeness (QED) is 0.276. The van der Waals surface area contributed by atoms with E-state index in [0.717, 1.165) is 25.2 Å². The van der Waals surface area contributed by atoms with Gasteiger partial charge in [-0.2, -0.15) is 0 Å². The van der Waals surface area contributed by atoms with Crippen molar-refractivity contribution in [3.63, 3.8) is 0 Å². The number of alkyl halides is 1. The Morgan fingerprint density at radius 1 is 1.05 bits per heavy atom. The van der Waals surface area contributed by atoms with Crippen molar-refractivity contribution in [3.8, 4) is 0 Å². The molecule has 1 N–H and O–H groups in total. The van der Waals surface area contributed by atoms with E-state index in [1.165, 1.54) is 64.2 Å².